The Labute approximate surface area is 129 Å². The third-order valence-electron chi connectivity index (χ3n) is 3.03. The molecule has 0 aliphatic rings. The topological polar surface area (TPSA) is 54.4 Å². The van der Waals surface area contributed by atoms with Gasteiger partial charge in [-0.05, 0) is 37.3 Å². The predicted octanol–water partition coefficient (Wildman–Crippen LogP) is 2.83. The number of halogens is 1. The van der Waals surface area contributed by atoms with Crippen LogP contribution in [-0.2, 0) is 0 Å². The molecule has 0 fully saturated rings. The van der Waals surface area contributed by atoms with Crippen molar-refractivity contribution in [1.29, 1.82) is 0 Å². The van der Waals surface area contributed by atoms with E-state index in [9.17, 15) is 5.11 Å². The molecule has 0 saturated heterocycles. The van der Waals surface area contributed by atoms with Gasteiger partial charge in [0, 0.05) is 23.8 Å². The molecule has 0 saturated carbocycles. The van der Waals surface area contributed by atoms with E-state index in [0.717, 1.165) is 5.69 Å². The van der Waals surface area contributed by atoms with Crippen LogP contribution in [0.4, 0.5) is 0 Å². The van der Waals surface area contributed by atoms with E-state index in [1.807, 2.05) is 37.3 Å². The highest BCUT2D eigenvalue weighted by molar-refractivity contribution is 6.30. The summed E-state index contributed by atoms with van der Waals surface area (Å²) in [5.41, 5.74) is 0.945. The molecule has 0 radical (unpaired) electrons. The van der Waals surface area contributed by atoms with E-state index in [0.29, 0.717) is 17.3 Å². The van der Waals surface area contributed by atoms with Crippen molar-refractivity contribution in [3.05, 3.63) is 59.4 Å². The van der Waals surface area contributed by atoms with Gasteiger partial charge in [-0.15, -0.1) is 0 Å². The highest BCUT2D eigenvalue weighted by Gasteiger charge is 2.10. The summed E-state index contributed by atoms with van der Waals surface area (Å²) < 4.78 is 5.50. The molecule has 2 N–H and O–H groups in total. The fourth-order valence-electron chi connectivity index (χ4n) is 1.86. The molecule has 1 heterocycles. The second-order valence-corrected chi connectivity index (χ2v) is 5.24. The van der Waals surface area contributed by atoms with E-state index in [1.165, 1.54) is 0 Å². The van der Waals surface area contributed by atoms with Crippen LogP contribution < -0.4 is 10.1 Å². The minimum absolute atomic E-state index is 0.0759. The third-order valence-corrected chi connectivity index (χ3v) is 3.26. The van der Waals surface area contributed by atoms with Gasteiger partial charge in [0.2, 0.25) is 0 Å². The molecule has 0 spiro atoms. The molecule has 1 aromatic carbocycles. The molecule has 1 unspecified atom stereocenters. The van der Waals surface area contributed by atoms with Crippen molar-refractivity contribution in [1.82, 2.24) is 10.3 Å². The predicted molar refractivity (Wildman–Crippen MR) is 83.6 cm³/mol. The van der Waals surface area contributed by atoms with E-state index in [1.54, 1.807) is 18.3 Å². The molecule has 21 heavy (non-hydrogen) atoms. The van der Waals surface area contributed by atoms with Gasteiger partial charge in [-0.2, -0.15) is 0 Å². The Kier molecular flexibility index (Phi) is 5.99. The molecule has 2 aromatic rings. The highest BCUT2D eigenvalue weighted by atomic mass is 35.5. The Hall–Kier alpha value is -1.62. The fraction of sp³-hybridized carbons (Fsp3) is 0.312. The Bertz CT molecular complexity index is 551. The molecule has 0 aliphatic heterocycles. The maximum absolute atomic E-state index is 9.93. The van der Waals surface area contributed by atoms with Crippen LogP contribution in [-0.4, -0.2) is 29.3 Å². The number of aromatic nitrogens is 1. The quantitative estimate of drug-likeness (QED) is 0.826. The van der Waals surface area contributed by atoms with Gasteiger partial charge in [-0.25, -0.2) is 0 Å². The van der Waals surface area contributed by atoms with E-state index in [-0.39, 0.29) is 12.6 Å². The first-order valence-corrected chi connectivity index (χ1v) is 7.23. The number of aliphatic hydroxyl groups excluding tert-OH is 1. The van der Waals surface area contributed by atoms with Gasteiger partial charge in [0.1, 0.15) is 18.5 Å². The van der Waals surface area contributed by atoms with E-state index >= 15 is 0 Å². The standard InChI is InChI=1S/C16H19ClN2O2/c1-12(16-7-2-3-8-18-16)19-10-14(20)11-21-15-6-4-5-13(17)9-15/h2-9,12,14,19-20H,10-11H2,1H3/t12-,14?/m0/s1. The molecule has 5 heteroatoms. The number of nitrogens with one attached hydrogen (secondary N) is 1. The molecule has 2 rings (SSSR count). The normalized spacial score (nSPS) is 13.7. The summed E-state index contributed by atoms with van der Waals surface area (Å²) in [6.45, 7) is 2.65. The zero-order valence-electron chi connectivity index (χ0n) is 11.9. The minimum atomic E-state index is -0.602. The van der Waals surface area contributed by atoms with Gasteiger partial charge in [0.15, 0.2) is 0 Å². The van der Waals surface area contributed by atoms with Crippen LogP contribution in [0.15, 0.2) is 48.7 Å². The van der Waals surface area contributed by atoms with Crippen molar-refractivity contribution in [3.8, 4) is 5.75 Å². The lowest BCUT2D eigenvalue weighted by atomic mass is 10.2. The van der Waals surface area contributed by atoms with E-state index in [2.05, 4.69) is 10.3 Å². The van der Waals surface area contributed by atoms with Crippen LogP contribution in [0.3, 0.4) is 0 Å². The van der Waals surface area contributed by atoms with Crippen molar-refractivity contribution in [2.24, 2.45) is 0 Å². The zero-order chi connectivity index (χ0) is 15.1. The Morgan fingerprint density at radius 2 is 2.14 bits per heavy atom. The Balaban J connectivity index is 1.73. The van der Waals surface area contributed by atoms with Crippen LogP contribution in [0.25, 0.3) is 0 Å². The van der Waals surface area contributed by atoms with Gasteiger partial charge in [-0.1, -0.05) is 23.7 Å². The minimum Gasteiger partial charge on any atom is -0.491 e. The Morgan fingerprint density at radius 1 is 1.29 bits per heavy atom. The molecular weight excluding hydrogens is 288 g/mol. The lowest BCUT2D eigenvalue weighted by Gasteiger charge is -2.17. The number of nitrogens with zero attached hydrogens (tertiary/aromatic N) is 1. The summed E-state index contributed by atoms with van der Waals surface area (Å²) in [6.07, 6.45) is 1.15. The molecule has 4 nitrogen and oxygen atoms in total. The smallest absolute Gasteiger partial charge is 0.120 e. The SMILES string of the molecule is C[C@H](NCC(O)COc1cccc(Cl)c1)c1ccccn1. The van der Waals surface area contributed by atoms with E-state index in [4.69, 9.17) is 16.3 Å². The fourth-order valence-corrected chi connectivity index (χ4v) is 2.04. The van der Waals surface area contributed by atoms with Crippen LogP contribution in [0, 0.1) is 0 Å². The summed E-state index contributed by atoms with van der Waals surface area (Å²) in [4.78, 5) is 4.27. The first-order chi connectivity index (χ1) is 10.1. The lowest BCUT2D eigenvalue weighted by Crippen LogP contribution is -2.33. The van der Waals surface area contributed by atoms with Gasteiger partial charge in [-0.3, -0.25) is 4.98 Å². The number of hydrogen-bond donors (Lipinski definition) is 2. The molecule has 2 atom stereocenters. The van der Waals surface area contributed by atoms with Crippen LogP contribution in [0.5, 0.6) is 5.75 Å². The number of benzene rings is 1. The largest absolute Gasteiger partial charge is 0.491 e. The molecule has 0 bridgehead atoms. The number of hydrogen-bond acceptors (Lipinski definition) is 4. The van der Waals surface area contributed by atoms with Crippen molar-refractivity contribution < 1.29 is 9.84 Å². The summed E-state index contributed by atoms with van der Waals surface area (Å²) in [7, 11) is 0. The first kappa shape index (κ1) is 15.8. The number of rotatable bonds is 7. The van der Waals surface area contributed by atoms with Crippen molar-refractivity contribution in [3.63, 3.8) is 0 Å². The van der Waals surface area contributed by atoms with Crippen molar-refractivity contribution >= 4 is 11.6 Å². The third kappa shape index (κ3) is 5.34. The molecule has 0 aliphatic carbocycles. The summed E-state index contributed by atoms with van der Waals surface area (Å²) in [5, 5.41) is 13.8. The van der Waals surface area contributed by atoms with Crippen molar-refractivity contribution in [2.45, 2.75) is 19.1 Å². The monoisotopic (exact) mass is 306 g/mol. The molecule has 1 aromatic heterocycles. The number of ether oxygens (including phenoxy) is 1. The maximum atomic E-state index is 9.93. The van der Waals surface area contributed by atoms with Gasteiger partial charge in [0.25, 0.3) is 0 Å². The lowest BCUT2D eigenvalue weighted by molar-refractivity contribution is 0.104. The van der Waals surface area contributed by atoms with Crippen LogP contribution in [0.2, 0.25) is 5.02 Å². The van der Waals surface area contributed by atoms with Gasteiger partial charge in [0.05, 0.1) is 5.69 Å². The van der Waals surface area contributed by atoms with Crippen molar-refractivity contribution in [2.75, 3.05) is 13.2 Å². The molecular formula is C16H19ClN2O2. The molecule has 112 valence electrons. The first-order valence-electron chi connectivity index (χ1n) is 6.86. The molecule has 0 amide bonds. The average Bonchev–Trinajstić information content (AvgIpc) is 2.51. The number of pyridine rings is 1. The van der Waals surface area contributed by atoms with Gasteiger partial charge < -0.3 is 15.2 Å². The summed E-state index contributed by atoms with van der Waals surface area (Å²) in [6, 6.07) is 13.0. The van der Waals surface area contributed by atoms with E-state index < -0.39 is 6.10 Å². The van der Waals surface area contributed by atoms with Gasteiger partial charge >= 0.3 is 0 Å². The Morgan fingerprint density at radius 3 is 2.86 bits per heavy atom. The summed E-state index contributed by atoms with van der Waals surface area (Å²) >= 11 is 5.87. The summed E-state index contributed by atoms with van der Waals surface area (Å²) in [5.74, 6) is 0.652. The van der Waals surface area contributed by atoms with Crippen LogP contribution >= 0.6 is 11.6 Å². The second kappa shape index (κ2) is 7.98. The zero-order valence-corrected chi connectivity index (χ0v) is 12.6. The number of aliphatic hydroxyl groups is 1. The second-order valence-electron chi connectivity index (χ2n) is 4.81. The van der Waals surface area contributed by atoms with Crippen LogP contribution in [0.1, 0.15) is 18.7 Å². The maximum Gasteiger partial charge on any atom is 0.120 e. The highest BCUT2D eigenvalue weighted by Crippen LogP contribution is 2.17. The average molecular weight is 307 g/mol.